The van der Waals surface area contributed by atoms with Crippen LogP contribution in [0.1, 0.15) is 0 Å². The zero-order valence-corrected chi connectivity index (χ0v) is 13.7. The second-order valence-corrected chi connectivity index (χ2v) is 5.94. The van der Waals surface area contributed by atoms with E-state index in [9.17, 15) is 18.8 Å². The average Bonchev–Trinajstić information content (AvgIpc) is 2.92. The third-order valence-corrected chi connectivity index (χ3v) is 3.96. The number of nitrogens with zero attached hydrogens (tertiary/aromatic N) is 2. The molecule has 2 rings (SSSR count). The molecule has 128 valence electrons. The highest BCUT2D eigenvalue weighted by Crippen LogP contribution is 2.26. The summed E-state index contributed by atoms with van der Waals surface area (Å²) in [7, 11) is 1.43. The van der Waals surface area contributed by atoms with E-state index in [4.69, 9.17) is 5.73 Å². The molecule has 10 heteroatoms. The molecule has 1 heterocycles. The minimum atomic E-state index is -0.456. The first-order chi connectivity index (χ1) is 11.4. The second-order valence-electron chi connectivity index (χ2n) is 4.91. The third-order valence-electron chi connectivity index (χ3n) is 3.03. The standard InChI is InChI=1S/C14H16FN5O3S/c1-20(13(23)6-17-11(21)5-16)7-12(22)19-14-18-9-3-2-8(15)4-10(9)24-14/h2-4H,5-7,16H2,1H3,(H,17,21)(H,18,19,22). The number of nitrogens with two attached hydrogens (primary N) is 1. The number of carbonyl (C=O) groups is 3. The molecule has 2 aromatic rings. The lowest BCUT2D eigenvalue weighted by Gasteiger charge is -2.16. The monoisotopic (exact) mass is 353 g/mol. The average molecular weight is 353 g/mol. The van der Waals surface area contributed by atoms with Gasteiger partial charge in [0.25, 0.3) is 0 Å². The number of benzene rings is 1. The lowest BCUT2D eigenvalue weighted by atomic mass is 10.3. The van der Waals surface area contributed by atoms with Gasteiger partial charge in [0.2, 0.25) is 17.7 Å². The number of aromatic nitrogens is 1. The number of carbonyl (C=O) groups excluding carboxylic acids is 3. The van der Waals surface area contributed by atoms with Crippen molar-refractivity contribution in [2.75, 3.05) is 32.0 Å². The molecule has 1 aromatic heterocycles. The van der Waals surface area contributed by atoms with Gasteiger partial charge in [0.05, 0.1) is 29.9 Å². The Hall–Kier alpha value is -2.59. The van der Waals surface area contributed by atoms with Gasteiger partial charge < -0.3 is 21.3 Å². The molecule has 0 aliphatic heterocycles. The van der Waals surface area contributed by atoms with E-state index in [0.29, 0.717) is 15.3 Å². The van der Waals surface area contributed by atoms with Crippen molar-refractivity contribution in [3.05, 3.63) is 24.0 Å². The predicted octanol–water partition coefficient (Wildman–Crippen LogP) is -0.0928. The van der Waals surface area contributed by atoms with Gasteiger partial charge in [0, 0.05) is 7.05 Å². The van der Waals surface area contributed by atoms with Crippen LogP contribution in [-0.2, 0) is 14.4 Å². The van der Waals surface area contributed by atoms with E-state index in [-0.39, 0.29) is 25.5 Å². The quantitative estimate of drug-likeness (QED) is 0.671. The third kappa shape index (κ3) is 4.70. The number of likely N-dealkylation sites (N-methyl/N-ethyl adjacent to an activating group) is 1. The van der Waals surface area contributed by atoms with Crippen LogP contribution in [0.2, 0.25) is 0 Å². The Kier molecular flexibility index (Phi) is 5.77. The van der Waals surface area contributed by atoms with Crippen LogP contribution >= 0.6 is 11.3 Å². The number of halogens is 1. The van der Waals surface area contributed by atoms with Crippen molar-refractivity contribution in [2.45, 2.75) is 0 Å². The Labute approximate surface area is 140 Å². The van der Waals surface area contributed by atoms with Crippen molar-refractivity contribution >= 4 is 44.4 Å². The maximum atomic E-state index is 13.1. The fraction of sp³-hybridized carbons (Fsp3) is 0.286. The van der Waals surface area contributed by atoms with E-state index in [1.807, 2.05) is 0 Å². The van der Waals surface area contributed by atoms with Crippen LogP contribution in [0.5, 0.6) is 0 Å². The maximum Gasteiger partial charge on any atom is 0.245 e. The van der Waals surface area contributed by atoms with Gasteiger partial charge in [0.15, 0.2) is 5.13 Å². The first-order valence-electron chi connectivity index (χ1n) is 6.95. The largest absolute Gasteiger partial charge is 0.346 e. The van der Waals surface area contributed by atoms with Gasteiger partial charge in [-0.3, -0.25) is 14.4 Å². The number of amides is 3. The highest BCUT2D eigenvalue weighted by atomic mass is 32.1. The van der Waals surface area contributed by atoms with Crippen LogP contribution in [0, 0.1) is 5.82 Å². The minimum Gasteiger partial charge on any atom is -0.346 e. The number of hydrogen-bond acceptors (Lipinski definition) is 6. The van der Waals surface area contributed by atoms with Crippen LogP contribution in [0.4, 0.5) is 9.52 Å². The van der Waals surface area contributed by atoms with E-state index in [2.05, 4.69) is 15.6 Å². The summed E-state index contributed by atoms with van der Waals surface area (Å²) < 4.78 is 13.7. The summed E-state index contributed by atoms with van der Waals surface area (Å²) in [5, 5.41) is 5.20. The summed E-state index contributed by atoms with van der Waals surface area (Å²) in [4.78, 5) is 40.0. The lowest BCUT2D eigenvalue weighted by molar-refractivity contribution is -0.134. The molecule has 0 spiro atoms. The van der Waals surface area contributed by atoms with Crippen molar-refractivity contribution in [2.24, 2.45) is 5.73 Å². The lowest BCUT2D eigenvalue weighted by Crippen LogP contribution is -2.42. The van der Waals surface area contributed by atoms with E-state index in [1.165, 1.54) is 30.1 Å². The Morgan fingerprint density at radius 2 is 2.08 bits per heavy atom. The molecule has 0 aliphatic carbocycles. The Balaban J connectivity index is 1.89. The number of anilines is 1. The molecule has 0 atom stereocenters. The second kappa shape index (κ2) is 7.79. The first-order valence-corrected chi connectivity index (χ1v) is 7.77. The van der Waals surface area contributed by atoms with Crippen LogP contribution in [0.3, 0.4) is 0 Å². The first kappa shape index (κ1) is 17.8. The van der Waals surface area contributed by atoms with Gasteiger partial charge in [-0.15, -0.1) is 0 Å². The molecular formula is C14H16FN5O3S. The Bertz CT molecular complexity index is 779. The zero-order valence-electron chi connectivity index (χ0n) is 12.8. The van der Waals surface area contributed by atoms with Gasteiger partial charge >= 0.3 is 0 Å². The predicted molar refractivity (Wildman–Crippen MR) is 87.9 cm³/mol. The molecule has 3 amide bonds. The van der Waals surface area contributed by atoms with Crippen molar-refractivity contribution in [1.82, 2.24) is 15.2 Å². The summed E-state index contributed by atoms with van der Waals surface area (Å²) >= 11 is 1.14. The van der Waals surface area contributed by atoms with Crippen LogP contribution in [0.15, 0.2) is 18.2 Å². The fourth-order valence-corrected chi connectivity index (χ4v) is 2.70. The van der Waals surface area contributed by atoms with Gasteiger partial charge in [-0.2, -0.15) is 0 Å². The van der Waals surface area contributed by atoms with Crippen molar-refractivity contribution in [3.63, 3.8) is 0 Å². The van der Waals surface area contributed by atoms with Gasteiger partial charge in [-0.25, -0.2) is 9.37 Å². The molecule has 8 nitrogen and oxygen atoms in total. The number of fused-ring (bicyclic) bond motifs is 1. The van der Waals surface area contributed by atoms with Crippen molar-refractivity contribution in [3.8, 4) is 0 Å². The number of nitrogens with one attached hydrogen (secondary N) is 2. The molecule has 0 fully saturated rings. The molecule has 0 saturated heterocycles. The normalized spacial score (nSPS) is 10.5. The molecule has 1 aromatic carbocycles. The summed E-state index contributed by atoms with van der Waals surface area (Å²) in [6.07, 6.45) is 0. The van der Waals surface area contributed by atoms with E-state index in [0.717, 1.165) is 11.3 Å². The SMILES string of the molecule is CN(CC(=O)Nc1nc2ccc(F)cc2s1)C(=O)CNC(=O)CN. The summed E-state index contributed by atoms with van der Waals surface area (Å²) in [5.74, 6) is -1.72. The molecule has 0 radical (unpaired) electrons. The summed E-state index contributed by atoms with van der Waals surface area (Å²) in [5.41, 5.74) is 5.69. The number of rotatable bonds is 6. The fourth-order valence-electron chi connectivity index (χ4n) is 1.80. The number of thiazole rings is 1. The van der Waals surface area contributed by atoms with Gasteiger partial charge in [-0.1, -0.05) is 11.3 Å². The highest BCUT2D eigenvalue weighted by Gasteiger charge is 2.15. The Morgan fingerprint density at radius 1 is 1.33 bits per heavy atom. The summed E-state index contributed by atoms with van der Waals surface area (Å²) in [6, 6.07) is 4.14. The number of hydrogen-bond donors (Lipinski definition) is 3. The molecule has 4 N–H and O–H groups in total. The molecule has 0 bridgehead atoms. The minimum absolute atomic E-state index is 0.207. The molecule has 0 saturated carbocycles. The van der Waals surface area contributed by atoms with Gasteiger partial charge in [-0.05, 0) is 18.2 Å². The molecule has 0 aliphatic rings. The van der Waals surface area contributed by atoms with Crippen LogP contribution < -0.4 is 16.4 Å². The maximum absolute atomic E-state index is 13.1. The van der Waals surface area contributed by atoms with E-state index < -0.39 is 17.7 Å². The topological polar surface area (TPSA) is 117 Å². The van der Waals surface area contributed by atoms with E-state index in [1.54, 1.807) is 0 Å². The zero-order chi connectivity index (χ0) is 17.7. The van der Waals surface area contributed by atoms with Crippen LogP contribution in [-0.4, -0.2) is 54.3 Å². The molecular weight excluding hydrogens is 337 g/mol. The van der Waals surface area contributed by atoms with Crippen molar-refractivity contribution in [1.29, 1.82) is 0 Å². The van der Waals surface area contributed by atoms with Crippen LogP contribution in [0.25, 0.3) is 10.2 Å². The Morgan fingerprint density at radius 3 is 2.79 bits per heavy atom. The van der Waals surface area contributed by atoms with E-state index >= 15 is 0 Å². The molecule has 0 unspecified atom stereocenters. The summed E-state index contributed by atoms with van der Waals surface area (Å²) in [6.45, 7) is -0.655. The molecule has 24 heavy (non-hydrogen) atoms. The van der Waals surface area contributed by atoms with Crippen molar-refractivity contribution < 1.29 is 18.8 Å². The highest BCUT2D eigenvalue weighted by molar-refractivity contribution is 7.22. The van der Waals surface area contributed by atoms with Gasteiger partial charge in [0.1, 0.15) is 5.82 Å². The smallest absolute Gasteiger partial charge is 0.245 e.